The molecule has 3 nitrogen and oxygen atoms in total. The lowest BCUT2D eigenvalue weighted by molar-refractivity contribution is -0.131. The summed E-state index contributed by atoms with van der Waals surface area (Å²) in [6, 6.07) is 5.57. The first-order chi connectivity index (χ1) is 8.45. The van der Waals surface area contributed by atoms with Gasteiger partial charge in [0.1, 0.15) is 0 Å². The number of halogens is 2. The molecule has 0 spiro atoms. The van der Waals surface area contributed by atoms with Crippen molar-refractivity contribution in [1.82, 2.24) is 10.2 Å². The van der Waals surface area contributed by atoms with E-state index in [1.165, 1.54) is 0 Å². The van der Waals surface area contributed by atoms with E-state index < -0.39 is 0 Å². The maximum absolute atomic E-state index is 11.8. The Morgan fingerprint density at radius 1 is 1.56 bits per heavy atom. The summed E-state index contributed by atoms with van der Waals surface area (Å²) in [5.74, 6) is 0.0979. The van der Waals surface area contributed by atoms with Crippen molar-refractivity contribution in [3.63, 3.8) is 0 Å². The maximum Gasteiger partial charge on any atom is 0.239 e. The molecule has 0 saturated heterocycles. The fourth-order valence-electron chi connectivity index (χ4n) is 1.49. The largest absolute Gasteiger partial charge is 0.345 e. The van der Waals surface area contributed by atoms with Crippen LogP contribution in [-0.4, -0.2) is 30.4 Å². The highest BCUT2D eigenvalue weighted by molar-refractivity contribution is 9.10. The van der Waals surface area contributed by atoms with Crippen molar-refractivity contribution in [3.05, 3.63) is 33.3 Å². The summed E-state index contributed by atoms with van der Waals surface area (Å²) in [5.41, 5.74) is 1.06. The molecule has 0 aliphatic rings. The Morgan fingerprint density at radius 2 is 2.22 bits per heavy atom. The van der Waals surface area contributed by atoms with Crippen LogP contribution in [0, 0.1) is 0 Å². The number of carbonyl (C=O) groups is 1. The van der Waals surface area contributed by atoms with Gasteiger partial charge in [-0.25, -0.2) is 0 Å². The minimum Gasteiger partial charge on any atom is -0.345 e. The van der Waals surface area contributed by atoms with E-state index >= 15 is 0 Å². The van der Waals surface area contributed by atoms with E-state index in [4.69, 9.17) is 11.6 Å². The molecule has 0 heterocycles. The first kappa shape index (κ1) is 15.5. The number of hydrogen-bond acceptors (Lipinski definition) is 2. The molecule has 0 saturated carbocycles. The van der Waals surface area contributed by atoms with Crippen molar-refractivity contribution >= 4 is 33.4 Å². The molecule has 1 unspecified atom stereocenters. The summed E-state index contributed by atoms with van der Waals surface area (Å²) in [7, 11) is 1.80. The van der Waals surface area contributed by atoms with E-state index in [0.29, 0.717) is 11.6 Å². The second-order valence-electron chi connectivity index (χ2n) is 4.20. The summed E-state index contributed by atoms with van der Waals surface area (Å²) in [4.78, 5) is 13.5. The number of carbonyl (C=O) groups excluding carboxylic acids is 1. The molecular weight excluding hydrogens is 316 g/mol. The number of nitrogens with zero attached hydrogens (tertiary/aromatic N) is 1. The Labute approximate surface area is 122 Å². The van der Waals surface area contributed by atoms with Gasteiger partial charge in [-0.05, 0) is 47.5 Å². The van der Waals surface area contributed by atoms with Gasteiger partial charge in [-0.1, -0.05) is 17.7 Å². The molecule has 0 bridgehead atoms. The van der Waals surface area contributed by atoms with E-state index in [9.17, 15) is 4.79 Å². The van der Waals surface area contributed by atoms with Crippen molar-refractivity contribution < 1.29 is 4.79 Å². The molecule has 0 aliphatic carbocycles. The Morgan fingerprint density at radius 3 is 2.78 bits per heavy atom. The predicted octanol–water partition coefficient (Wildman–Crippen LogP) is 3.06. The van der Waals surface area contributed by atoms with E-state index in [-0.39, 0.29) is 11.9 Å². The Hall–Kier alpha value is -0.580. The van der Waals surface area contributed by atoms with Gasteiger partial charge in [-0.2, -0.15) is 0 Å². The normalized spacial score (nSPS) is 12.3. The van der Waals surface area contributed by atoms with Crippen LogP contribution in [0.25, 0.3) is 0 Å². The molecule has 0 aliphatic heterocycles. The smallest absolute Gasteiger partial charge is 0.239 e. The van der Waals surface area contributed by atoms with Crippen molar-refractivity contribution in [3.8, 4) is 0 Å². The summed E-state index contributed by atoms with van der Waals surface area (Å²) < 4.78 is 0.878. The average molecular weight is 334 g/mol. The van der Waals surface area contributed by atoms with Crippen molar-refractivity contribution in [2.45, 2.75) is 26.4 Å². The molecule has 0 radical (unpaired) electrons. The summed E-state index contributed by atoms with van der Waals surface area (Å²) >= 11 is 9.36. The van der Waals surface area contributed by atoms with Crippen LogP contribution in [0.4, 0.5) is 0 Å². The number of rotatable bonds is 5. The van der Waals surface area contributed by atoms with Crippen LogP contribution in [0.15, 0.2) is 22.7 Å². The summed E-state index contributed by atoms with van der Waals surface area (Å²) in [6.45, 7) is 5.17. The standard InChI is InChI=1S/C13H18BrClN2O/c1-4-17(3)13(18)9(2)16-8-10-5-6-11(14)12(15)7-10/h5-7,9,16H,4,8H2,1-3H3. The first-order valence-corrected chi connectivity index (χ1v) is 7.05. The zero-order valence-electron chi connectivity index (χ0n) is 10.8. The third-order valence-corrected chi connectivity index (χ3v) is 4.05. The van der Waals surface area contributed by atoms with E-state index in [1.807, 2.05) is 32.0 Å². The lowest BCUT2D eigenvalue weighted by atomic mass is 10.2. The van der Waals surface area contributed by atoms with Crippen LogP contribution in [0.1, 0.15) is 19.4 Å². The van der Waals surface area contributed by atoms with Gasteiger partial charge in [-0.15, -0.1) is 0 Å². The number of nitrogens with one attached hydrogen (secondary N) is 1. The minimum atomic E-state index is -0.197. The quantitative estimate of drug-likeness (QED) is 0.898. The fourth-order valence-corrected chi connectivity index (χ4v) is 1.94. The highest BCUT2D eigenvalue weighted by Crippen LogP contribution is 2.23. The molecule has 1 rings (SSSR count). The highest BCUT2D eigenvalue weighted by Gasteiger charge is 2.15. The molecule has 0 aromatic heterocycles. The van der Waals surface area contributed by atoms with Crippen LogP contribution in [0.2, 0.25) is 5.02 Å². The third-order valence-electron chi connectivity index (χ3n) is 2.82. The first-order valence-electron chi connectivity index (χ1n) is 5.88. The van der Waals surface area contributed by atoms with Gasteiger partial charge in [0.05, 0.1) is 11.1 Å². The number of amides is 1. The lowest BCUT2D eigenvalue weighted by Crippen LogP contribution is -2.42. The maximum atomic E-state index is 11.8. The monoisotopic (exact) mass is 332 g/mol. The van der Waals surface area contributed by atoms with Crippen molar-refractivity contribution in [1.29, 1.82) is 0 Å². The van der Waals surface area contributed by atoms with E-state index in [2.05, 4.69) is 21.2 Å². The van der Waals surface area contributed by atoms with E-state index in [1.54, 1.807) is 11.9 Å². The molecule has 1 aromatic rings. The zero-order chi connectivity index (χ0) is 13.7. The fraction of sp³-hybridized carbons (Fsp3) is 0.462. The second kappa shape index (κ2) is 7.12. The number of benzene rings is 1. The van der Waals surface area contributed by atoms with Crippen LogP contribution in [0.3, 0.4) is 0 Å². The number of likely N-dealkylation sites (N-methyl/N-ethyl adjacent to an activating group) is 1. The predicted molar refractivity (Wildman–Crippen MR) is 78.8 cm³/mol. The van der Waals surface area contributed by atoms with Gasteiger partial charge in [0.15, 0.2) is 0 Å². The highest BCUT2D eigenvalue weighted by atomic mass is 79.9. The minimum absolute atomic E-state index is 0.0979. The molecular formula is C13H18BrClN2O. The average Bonchev–Trinajstić information content (AvgIpc) is 2.37. The molecule has 1 N–H and O–H groups in total. The lowest BCUT2D eigenvalue weighted by Gasteiger charge is -2.20. The molecule has 1 atom stereocenters. The summed E-state index contributed by atoms with van der Waals surface area (Å²) in [6.07, 6.45) is 0. The van der Waals surface area contributed by atoms with Crippen molar-refractivity contribution in [2.24, 2.45) is 0 Å². The molecule has 18 heavy (non-hydrogen) atoms. The Balaban J connectivity index is 2.54. The van der Waals surface area contributed by atoms with Gasteiger partial charge in [0, 0.05) is 24.6 Å². The van der Waals surface area contributed by atoms with Gasteiger partial charge in [0.25, 0.3) is 0 Å². The zero-order valence-corrected chi connectivity index (χ0v) is 13.2. The van der Waals surface area contributed by atoms with Crippen molar-refractivity contribution in [2.75, 3.05) is 13.6 Å². The molecule has 0 fully saturated rings. The van der Waals surface area contributed by atoms with Crippen LogP contribution in [0.5, 0.6) is 0 Å². The second-order valence-corrected chi connectivity index (χ2v) is 5.47. The topological polar surface area (TPSA) is 32.3 Å². The molecule has 1 amide bonds. The third kappa shape index (κ3) is 4.26. The Kier molecular flexibility index (Phi) is 6.12. The molecule has 100 valence electrons. The van der Waals surface area contributed by atoms with E-state index in [0.717, 1.165) is 16.6 Å². The van der Waals surface area contributed by atoms with Crippen LogP contribution >= 0.6 is 27.5 Å². The molecule has 5 heteroatoms. The summed E-state index contributed by atoms with van der Waals surface area (Å²) in [5, 5.41) is 3.88. The molecule has 1 aromatic carbocycles. The Bertz CT molecular complexity index is 425. The van der Waals surface area contributed by atoms with Gasteiger partial charge in [0.2, 0.25) is 5.91 Å². The van der Waals surface area contributed by atoms with Crippen LogP contribution in [-0.2, 0) is 11.3 Å². The van der Waals surface area contributed by atoms with Gasteiger partial charge < -0.3 is 10.2 Å². The van der Waals surface area contributed by atoms with Gasteiger partial charge in [-0.3, -0.25) is 4.79 Å². The van der Waals surface area contributed by atoms with Gasteiger partial charge >= 0.3 is 0 Å². The van der Waals surface area contributed by atoms with Crippen LogP contribution < -0.4 is 5.32 Å². The number of hydrogen-bond donors (Lipinski definition) is 1. The SMILES string of the molecule is CCN(C)C(=O)C(C)NCc1ccc(Br)c(Cl)c1.